The molecule has 1 heterocycles. The van der Waals surface area contributed by atoms with Gasteiger partial charge < -0.3 is 10.1 Å². The van der Waals surface area contributed by atoms with Crippen LogP contribution in [0, 0.1) is 5.92 Å². The fourth-order valence-electron chi connectivity index (χ4n) is 3.63. The Bertz CT molecular complexity index is 510. The van der Waals surface area contributed by atoms with Gasteiger partial charge in [-0.15, -0.1) is 0 Å². The molecule has 1 aliphatic carbocycles. The lowest BCUT2D eigenvalue weighted by Gasteiger charge is -2.52. The Morgan fingerprint density at radius 3 is 2.62 bits per heavy atom. The van der Waals surface area contributed by atoms with Gasteiger partial charge in [0.05, 0.1) is 7.11 Å². The number of rotatable bonds is 4. The van der Waals surface area contributed by atoms with Crippen LogP contribution in [0.25, 0.3) is 0 Å². The smallest absolute Gasteiger partial charge is 0.123 e. The molecular formula is C18H28N2O. The van der Waals surface area contributed by atoms with Gasteiger partial charge in [0.25, 0.3) is 0 Å². The minimum atomic E-state index is 0.177. The third-order valence-electron chi connectivity index (χ3n) is 5.24. The normalized spacial score (nSPS) is 29.3. The molecule has 21 heavy (non-hydrogen) atoms. The lowest BCUT2D eigenvalue weighted by Crippen LogP contribution is -2.67. The van der Waals surface area contributed by atoms with E-state index in [4.69, 9.17) is 4.74 Å². The number of hydrogen-bond donors (Lipinski definition) is 1. The molecule has 3 nitrogen and oxygen atoms in total. The molecule has 1 aliphatic heterocycles. The first-order valence-corrected chi connectivity index (χ1v) is 8.07. The van der Waals surface area contributed by atoms with Crippen LogP contribution in [0.4, 0.5) is 0 Å². The Hall–Kier alpha value is -1.06. The maximum atomic E-state index is 5.54. The molecule has 1 atom stereocenters. The van der Waals surface area contributed by atoms with E-state index in [0.717, 1.165) is 31.3 Å². The van der Waals surface area contributed by atoms with Crippen molar-refractivity contribution in [1.29, 1.82) is 0 Å². The first-order valence-electron chi connectivity index (χ1n) is 8.07. The minimum Gasteiger partial charge on any atom is -0.496 e. The number of hydrogen-bond acceptors (Lipinski definition) is 3. The number of nitrogens with zero attached hydrogens (tertiary/aromatic N) is 1. The van der Waals surface area contributed by atoms with E-state index in [1.807, 2.05) is 6.07 Å². The average Bonchev–Trinajstić information content (AvgIpc) is 3.28. The van der Waals surface area contributed by atoms with E-state index >= 15 is 0 Å². The molecule has 1 saturated heterocycles. The Labute approximate surface area is 128 Å². The Balaban J connectivity index is 1.85. The van der Waals surface area contributed by atoms with Crippen LogP contribution in [0.5, 0.6) is 5.75 Å². The van der Waals surface area contributed by atoms with Crippen molar-refractivity contribution in [2.75, 3.05) is 20.2 Å². The lowest BCUT2D eigenvalue weighted by atomic mass is 9.85. The highest BCUT2D eigenvalue weighted by molar-refractivity contribution is 5.33. The molecule has 3 heteroatoms. The molecular weight excluding hydrogens is 260 g/mol. The van der Waals surface area contributed by atoms with Gasteiger partial charge in [-0.2, -0.15) is 0 Å². The Kier molecular flexibility index (Phi) is 3.74. The molecule has 0 radical (unpaired) electrons. The molecule has 1 aromatic carbocycles. The fourth-order valence-corrected chi connectivity index (χ4v) is 3.63. The molecule has 2 aliphatic rings. The quantitative estimate of drug-likeness (QED) is 0.921. The molecule has 1 saturated carbocycles. The van der Waals surface area contributed by atoms with Crippen molar-refractivity contribution in [2.24, 2.45) is 5.92 Å². The predicted octanol–water partition coefficient (Wildman–Crippen LogP) is 3.05. The number of nitrogens with one attached hydrogen (secondary N) is 1. The maximum absolute atomic E-state index is 5.54. The van der Waals surface area contributed by atoms with Gasteiger partial charge in [-0.3, -0.25) is 4.90 Å². The van der Waals surface area contributed by atoms with Crippen LogP contribution >= 0.6 is 0 Å². The van der Waals surface area contributed by atoms with Gasteiger partial charge >= 0.3 is 0 Å². The summed E-state index contributed by atoms with van der Waals surface area (Å²) in [6.07, 6.45) is 2.75. The lowest BCUT2D eigenvalue weighted by molar-refractivity contribution is 0.00475. The van der Waals surface area contributed by atoms with Crippen molar-refractivity contribution in [1.82, 2.24) is 10.2 Å². The standard InChI is InChI=1S/C18H28N2O/c1-17(2)13-20(18(3,12-19-17)15-9-10-15)11-14-7-5-6-8-16(14)21-4/h5-8,15,19H,9-13H2,1-4H3. The first kappa shape index (κ1) is 14.9. The molecule has 0 bridgehead atoms. The van der Waals surface area contributed by atoms with Crippen LogP contribution in [0.15, 0.2) is 24.3 Å². The van der Waals surface area contributed by atoms with E-state index in [-0.39, 0.29) is 11.1 Å². The third-order valence-corrected chi connectivity index (χ3v) is 5.24. The van der Waals surface area contributed by atoms with Crippen molar-refractivity contribution in [2.45, 2.75) is 51.2 Å². The molecule has 1 aromatic rings. The average molecular weight is 288 g/mol. The monoisotopic (exact) mass is 288 g/mol. The van der Waals surface area contributed by atoms with Gasteiger partial charge in [-0.05, 0) is 45.6 Å². The highest BCUT2D eigenvalue weighted by Crippen LogP contribution is 2.45. The van der Waals surface area contributed by atoms with Crippen LogP contribution in [0.2, 0.25) is 0 Å². The second-order valence-electron chi connectivity index (χ2n) is 7.54. The third kappa shape index (κ3) is 2.95. The highest BCUT2D eigenvalue weighted by Gasteiger charge is 2.49. The van der Waals surface area contributed by atoms with E-state index in [1.54, 1.807) is 7.11 Å². The zero-order valence-corrected chi connectivity index (χ0v) is 13.8. The summed E-state index contributed by atoms with van der Waals surface area (Å²) in [5.41, 5.74) is 1.75. The summed E-state index contributed by atoms with van der Waals surface area (Å²) < 4.78 is 5.54. The summed E-state index contributed by atoms with van der Waals surface area (Å²) in [5, 5.41) is 3.74. The molecule has 2 fully saturated rings. The number of para-hydroxylation sites is 1. The van der Waals surface area contributed by atoms with Crippen molar-refractivity contribution in [3.63, 3.8) is 0 Å². The number of methoxy groups -OCH3 is 1. The summed E-state index contributed by atoms with van der Waals surface area (Å²) in [6, 6.07) is 8.42. The Morgan fingerprint density at radius 2 is 1.95 bits per heavy atom. The van der Waals surface area contributed by atoms with Gasteiger partial charge in [-0.1, -0.05) is 18.2 Å². The molecule has 0 amide bonds. The molecule has 1 unspecified atom stereocenters. The summed E-state index contributed by atoms with van der Waals surface area (Å²) in [4.78, 5) is 2.68. The van der Waals surface area contributed by atoms with E-state index < -0.39 is 0 Å². The van der Waals surface area contributed by atoms with Crippen LogP contribution in [0.1, 0.15) is 39.2 Å². The van der Waals surface area contributed by atoms with Crippen LogP contribution in [-0.2, 0) is 6.54 Å². The first-order chi connectivity index (χ1) is 9.94. The van der Waals surface area contributed by atoms with Crippen molar-refractivity contribution in [3.05, 3.63) is 29.8 Å². The topological polar surface area (TPSA) is 24.5 Å². The zero-order chi connectivity index (χ0) is 15.1. The van der Waals surface area contributed by atoms with E-state index in [9.17, 15) is 0 Å². The molecule has 1 N–H and O–H groups in total. The van der Waals surface area contributed by atoms with Gasteiger partial charge in [0.1, 0.15) is 5.75 Å². The molecule has 3 rings (SSSR count). The SMILES string of the molecule is COc1ccccc1CN1CC(C)(C)NCC1(C)C1CC1. The van der Waals surface area contributed by atoms with Gasteiger partial charge in [0.15, 0.2) is 0 Å². The molecule has 0 spiro atoms. The largest absolute Gasteiger partial charge is 0.496 e. The van der Waals surface area contributed by atoms with E-state index in [2.05, 4.69) is 49.2 Å². The highest BCUT2D eigenvalue weighted by atomic mass is 16.5. The van der Waals surface area contributed by atoms with Crippen molar-refractivity contribution in [3.8, 4) is 5.75 Å². The van der Waals surface area contributed by atoms with Gasteiger partial charge in [-0.25, -0.2) is 0 Å². The fraction of sp³-hybridized carbons (Fsp3) is 0.667. The number of benzene rings is 1. The summed E-state index contributed by atoms with van der Waals surface area (Å²) in [6.45, 7) is 10.2. The van der Waals surface area contributed by atoms with Crippen molar-refractivity contribution < 1.29 is 4.74 Å². The molecule has 0 aromatic heterocycles. The van der Waals surface area contributed by atoms with Crippen molar-refractivity contribution >= 4 is 0 Å². The maximum Gasteiger partial charge on any atom is 0.123 e. The van der Waals surface area contributed by atoms with Gasteiger partial charge in [0.2, 0.25) is 0 Å². The summed E-state index contributed by atoms with van der Waals surface area (Å²) in [5.74, 6) is 1.85. The second-order valence-corrected chi connectivity index (χ2v) is 7.54. The van der Waals surface area contributed by atoms with E-state index in [0.29, 0.717) is 0 Å². The second kappa shape index (κ2) is 5.29. The van der Waals surface area contributed by atoms with Crippen LogP contribution < -0.4 is 10.1 Å². The summed E-state index contributed by atoms with van der Waals surface area (Å²) in [7, 11) is 1.76. The predicted molar refractivity (Wildman–Crippen MR) is 86.6 cm³/mol. The summed E-state index contributed by atoms with van der Waals surface area (Å²) >= 11 is 0. The van der Waals surface area contributed by atoms with Crippen LogP contribution in [0.3, 0.4) is 0 Å². The molecule has 116 valence electrons. The number of piperazine rings is 1. The van der Waals surface area contributed by atoms with Gasteiger partial charge in [0, 0.05) is 36.3 Å². The zero-order valence-electron chi connectivity index (χ0n) is 13.8. The Morgan fingerprint density at radius 1 is 1.24 bits per heavy atom. The minimum absolute atomic E-state index is 0.177. The van der Waals surface area contributed by atoms with Crippen LogP contribution in [-0.4, -0.2) is 36.2 Å². The van der Waals surface area contributed by atoms with E-state index in [1.165, 1.54) is 18.4 Å². The number of ether oxygens (including phenoxy) is 1.